The maximum atomic E-state index is 13.3. The molecule has 2 saturated carbocycles. The van der Waals surface area contributed by atoms with Crippen molar-refractivity contribution in [2.45, 2.75) is 57.6 Å². The molecule has 6 nitrogen and oxygen atoms in total. The molecule has 1 amide bonds. The zero-order valence-corrected chi connectivity index (χ0v) is 17.1. The van der Waals surface area contributed by atoms with Crippen LogP contribution in [0.5, 0.6) is 11.5 Å². The first-order chi connectivity index (χ1) is 14.3. The van der Waals surface area contributed by atoms with Crippen molar-refractivity contribution in [3.63, 3.8) is 0 Å². The Hall–Kier alpha value is -1.93. The Kier molecular flexibility index (Phi) is 5.09. The Morgan fingerprint density at radius 1 is 1.20 bits per heavy atom. The van der Waals surface area contributed by atoms with Gasteiger partial charge in [0, 0.05) is 33.2 Å². The molecule has 30 heavy (non-hydrogen) atoms. The molecule has 1 aromatic rings. The van der Waals surface area contributed by atoms with E-state index in [1.54, 1.807) is 19.1 Å². The summed E-state index contributed by atoms with van der Waals surface area (Å²) in [4.78, 5) is 14.1. The molecular weight excluding hydrogens is 394 g/mol. The van der Waals surface area contributed by atoms with Crippen LogP contribution in [0.4, 0.5) is 8.78 Å². The lowest BCUT2D eigenvalue weighted by Gasteiger charge is -2.38. The highest BCUT2D eigenvalue weighted by atomic mass is 19.3. The summed E-state index contributed by atoms with van der Waals surface area (Å²) >= 11 is 0. The molecule has 2 aliphatic carbocycles. The molecule has 1 aromatic carbocycles. The summed E-state index contributed by atoms with van der Waals surface area (Å²) in [7, 11) is 0. The molecule has 2 heterocycles. The van der Waals surface area contributed by atoms with Crippen molar-refractivity contribution in [2.24, 2.45) is 17.8 Å². The number of fused-ring (bicyclic) bond motifs is 2. The monoisotopic (exact) mass is 422 g/mol. The van der Waals surface area contributed by atoms with E-state index in [9.17, 15) is 13.6 Å². The normalized spacial score (nSPS) is 32.1. The molecule has 0 radical (unpaired) electrons. The lowest BCUT2D eigenvalue weighted by atomic mass is 9.77. The number of ether oxygens (including phenoxy) is 3. The molecule has 5 rings (SSSR count). The van der Waals surface area contributed by atoms with Gasteiger partial charge in [0.1, 0.15) is 0 Å². The van der Waals surface area contributed by atoms with Crippen molar-refractivity contribution < 1.29 is 27.8 Å². The van der Waals surface area contributed by atoms with Crippen molar-refractivity contribution in [3.8, 4) is 11.5 Å². The fourth-order valence-electron chi connectivity index (χ4n) is 5.13. The average Bonchev–Trinajstić information content (AvgIpc) is 3.32. The second-order valence-corrected chi connectivity index (χ2v) is 9.26. The van der Waals surface area contributed by atoms with Gasteiger partial charge < -0.3 is 19.5 Å². The Morgan fingerprint density at radius 3 is 2.67 bits per heavy atom. The Morgan fingerprint density at radius 2 is 1.93 bits per heavy atom. The van der Waals surface area contributed by atoms with E-state index in [1.165, 1.54) is 12.8 Å². The van der Waals surface area contributed by atoms with Gasteiger partial charge in [-0.2, -0.15) is 0 Å². The lowest BCUT2D eigenvalue weighted by molar-refractivity contribution is -0.286. The third-order valence-electron chi connectivity index (χ3n) is 6.70. The molecule has 0 unspecified atom stereocenters. The predicted octanol–water partition coefficient (Wildman–Crippen LogP) is 3.15. The highest BCUT2D eigenvalue weighted by molar-refractivity contribution is 5.73. The number of nitrogens with zero attached hydrogens (tertiary/aromatic N) is 1. The minimum atomic E-state index is -3.59. The first-order valence-corrected chi connectivity index (χ1v) is 10.8. The molecule has 4 atom stereocenters. The SMILES string of the molecule is CC(=O)N[C@@H]1C[C@@H]2CN(Cc3ccc4c(c3)OC(F)(F)O4)C[C@@H]2C[C@H]1OCC1CC1. The van der Waals surface area contributed by atoms with E-state index in [1.807, 2.05) is 6.07 Å². The fraction of sp³-hybridized carbons (Fsp3) is 0.682. The van der Waals surface area contributed by atoms with Crippen LogP contribution in [0.15, 0.2) is 18.2 Å². The minimum Gasteiger partial charge on any atom is -0.395 e. The van der Waals surface area contributed by atoms with Crippen LogP contribution in [-0.2, 0) is 16.1 Å². The first-order valence-electron chi connectivity index (χ1n) is 10.8. The first kappa shape index (κ1) is 20.0. The van der Waals surface area contributed by atoms with Crippen molar-refractivity contribution in [3.05, 3.63) is 23.8 Å². The molecular formula is C22H28F2N2O4. The second kappa shape index (κ2) is 7.64. The van der Waals surface area contributed by atoms with Crippen LogP contribution < -0.4 is 14.8 Å². The Balaban J connectivity index is 1.21. The van der Waals surface area contributed by atoms with Crippen LogP contribution in [0, 0.1) is 17.8 Å². The number of halogens is 2. The van der Waals surface area contributed by atoms with Gasteiger partial charge in [0.15, 0.2) is 11.5 Å². The van der Waals surface area contributed by atoms with Crippen molar-refractivity contribution in [2.75, 3.05) is 19.7 Å². The number of rotatable bonds is 6. The number of carbonyl (C=O) groups excluding carboxylic acids is 1. The molecule has 1 saturated heterocycles. The van der Waals surface area contributed by atoms with E-state index in [4.69, 9.17) is 4.74 Å². The summed E-state index contributed by atoms with van der Waals surface area (Å²) in [6.45, 7) is 4.91. The molecule has 3 fully saturated rings. The summed E-state index contributed by atoms with van der Waals surface area (Å²) < 4.78 is 41.8. The van der Waals surface area contributed by atoms with E-state index in [0.717, 1.165) is 38.1 Å². The number of nitrogens with one attached hydrogen (secondary N) is 1. The quantitative estimate of drug-likeness (QED) is 0.763. The van der Waals surface area contributed by atoms with Crippen LogP contribution in [0.1, 0.15) is 38.2 Å². The smallest absolute Gasteiger partial charge is 0.395 e. The summed E-state index contributed by atoms with van der Waals surface area (Å²) in [5.74, 6) is 1.88. The van der Waals surface area contributed by atoms with Gasteiger partial charge in [-0.15, -0.1) is 8.78 Å². The van der Waals surface area contributed by atoms with Crippen LogP contribution in [0.25, 0.3) is 0 Å². The van der Waals surface area contributed by atoms with Gasteiger partial charge in [-0.25, -0.2) is 0 Å². The van der Waals surface area contributed by atoms with Gasteiger partial charge in [-0.1, -0.05) is 6.07 Å². The Labute approximate surface area is 174 Å². The van der Waals surface area contributed by atoms with E-state index in [-0.39, 0.29) is 29.6 Å². The second-order valence-electron chi connectivity index (χ2n) is 9.26. The van der Waals surface area contributed by atoms with Crippen molar-refractivity contribution >= 4 is 5.91 Å². The van der Waals surface area contributed by atoms with Crippen LogP contribution in [0.2, 0.25) is 0 Å². The highest BCUT2D eigenvalue weighted by Gasteiger charge is 2.45. The minimum absolute atomic E-state index is 0.00881. The standard InChI is InChI=1S/C22H28F2N2O4/c1-13(27)25-18-7-16-10-26(11-17(16)8-20(18)28-12-14-2-3-14)9-15-4-5-19-21(6-15)30-22(23,24)29-19/h4-6,14,16-18,20H,2-3,7-12H2,1H3,(H,25,27)/t16-,17+,18-,20-/m1/s1. The van der Waals surface area contributed by atoms with Crippen LogP contribution in [0.3, 0.4) is 0 Å². The molecule has 0 spiro atoms. The van der Waals surface area contributed by atoms with Gasteiger partial charge in [0.25, 0.3) is 0 Å². The molecule has 164 valence electrons. The van der Waals surface area contributed by atoms with Gasteiger partial charge in [0.05, 0.1) is 12.1 Å². The number of alkyl halides is 2. The highest BCUT2D eigenvalue weighted by Crippen LogP contribution is 2.42. The third-order valence-corrected chi connectivity index (χ3v) is 6.70. The summed E-state index contributed by atoms with van der Waals surface area (Å²) in [5, 5.41) is 3.11. The van der Waals surface area contributed by atoms with Gasteiger partial charge in [-0.3, -0.25) is 9.69 Å². The van der Waals surface area contributed by atoms with Crippen LogP contribution >= 0.6 is 0 Å². The van der Waals surface area contributed by atoms with E-state index >= 15 is 0 Å². The molecule has 0 aromatic heterocycles. The van der Waals surface area contributed by atoms with E-state index in [0.29, 0.717) is 24.3 Å². The summed E-state index contributed by atoms with van der Waals surface area (Å²) in [6.07, 6.45) is 0.855. The summed E-state index contributed by atoms with van der Waals surface area (Å²) in [6, 6.07) is 5.06. The van der Waals surface area contributed by atoms with Crippen molar-refractivity contribution in [1.82, 2.24) is 10.2 Å². The summed E-state index contributed by atoms with van der Waals surface area (Å²) in [5.41, 5.74) is 0.925. The van der Waals surface area contributed by atoms with Crippen molar-refractivity contribution in [1.29, 1.82) is 0 Å². The van der Waals surface area contributed by atoms with Gasteiger partial charge >= 0.3 is 6.29 Å². The van der Waals surface area contributed by atoms with Gasteiger partial charge in [-0.05, 0) is 61.1 Å². The zero-order valence-electron chi connectivity index (χ0n) is 17.1. The Bertz CT molecular complexity index is 816. The zero-order chi connectivity index (χ0) is 20.9. The number of benzene rings is 1. The number of hydrogen-bond donors (Lipinski definition) is 1. The number of hydrogen-bond acceptors (Lipinski definition) is 5. The maximum Gasteiger partial charge on any atom is 0.586 e. The number of likely N-dealkylation sites (tertiary alicyclic amines) is 1. The van der Waals surface area contributed by atoms with Crippen LogP contribution in [-0.4, -0.2) is 48.9 Å². The molecule has 1 N–H and O–H groups in total. The number of amides is 1. The average molecular weight is 422 g/mol. The topological polar surface area (TPSA) is 60.0 Å². The molecule has 4 aliphatic rings. The fourth-order valence-corrected chi connectivity index (χ4v) is 5.13. The molecule has 2 aliphatic heterocycles. The van der Waals surface area contributed by atoms with E-state index in [2.05, 4.69) is 19.7 Å². The molecule has 8 heteroatoms. The predicted molar refractivity (Wildman–Crippen MR) is 104 cm³/mol. The lowest BCUT2D eigenvalue weighted by Crippen LogP contribution is -2.50. The third kappa shape index (κ3) is 4.39. The molecule has 0 bridgehead atoms. The van der Waals surface area contributed by atoms with E-state index < -0.39 is 6.29 Å². The van der Waals surface area contributed by atoms with Gasteiger partial charge in [0.2, 0.25) is 5.91 Å². The maximum absolute atomic E-state index is 13.3. The number of carbonyl (C=O) groups is 1. The largest absolute Gasteiger partial charge is 0.586 e.